The van der Waals surface area contributed by atoms with Crippen molar-refractivity contribution in [1.29, 1.82) is 0 Å². The first-order valence-electron chi connectivity index (χ1n) is 13.8. The Morgan fingerprint density at radius 2 is 1.82 bits per heavy atom. The van der Waals surface area contributed by atoms with Crippen molar-refractivity contribution in [2.75, 3.05) is 58.1 Å². The van der Waals surface area contributed by atoms with Crippen LogP contribution in [0.25, 0.3) is 10.8 Å². The predicted molar refractivity (Wildman–Crippen MR) is 161 cm³/mol. The first kappa shape index (κ1) is 35.0. The van der Waals surface area contributed by atoms with Crippen molar-refractivity contribution >= 4 is 47.8 Å². The number of carbonyl (C=O) groups is 2. The number of hydrogen-bond acceptors (Lipinski definition) is 7. The number of piperidine rings is 1. The summed E-state index contributed by atoms with van der Waals surface area (Å²) < 4.78 is 5.18. The largest absolute Gasteiger partial charge is 5.00 e. The number of hydrogen-bond donors (Lipinski definition) is 4. The van der Waals surface area contributed by atoms with Gasteiger partial charge in [0.2, 0.25) is 11.8 Å². The predicted octanol–water partition coefficient (Wildman–Crippen LogP) is 3.04. The van der Waals surface area contributed by atoms with Gasteiger partial charge in [-0.05, 0) is 61.0 Å². The summed E-state index contributed by atoms with van der Waals surface area (Å²) in [4.78, 5) is 30.5. The molecule has 1 unspecified atom stereocenters. The second-order valence-electron chi connectivity index (χ2n) is 10.4. The van der Waals surface area contributed by atoms with Crippen LogP contribution in [-0.2, 0) is 39.9 Å². The van der Waals surface area contributed by atoms with Crippen LogP contribution in [0.4, 0.5) is 0 Å². The third kappa shape index (κ3) is 8.91. The van der Waals surface area contributed by atoms with Gasteiger partial charge in [-0.3, -0.25) is 19.4 Å². The van der Waals surface area contributed by atoms with Crippen LogP contribution in [0.1, 0.15) is 37.2 Å². The first-order chi connectivity index (χ1) is 18.5. The maximum Gasteiger partial charge on any atom is 5.00 e. The molecule has 11 heteroatoms. The van der Waals surface area contributed by atoms with Crippen molar-refractivity contribution in [2.45, 2.75) is 43.7 Å². The Bertz CT molecular complexity index is 1080. The van der Waals surface area contributed by atoms with Crippen molar-refractivity contribution in [3.05, 3.63) is 48.0 Å². The zero-order valence-electron chi connectivity index (χ0n) is 23.1. The molecule has 218 valence electrons. The summed E-state index contributed by atoms with van der Waals surface area (Å²) in [5.74, 6) is 1.52. The Balaban J connectivity index is 0.00000280. The van der Waals surface area contributed by atoms with E-state index in [-0.39, 0.29) is 62.0 Å². The number of ether oxygens (including phenoxy) is 1. The van der Waals surface area contributed by atoms with Crippen molar-refractivity contribution in [2.24, 2.45) is 5.92 Å². The van der Waals surface area contributed by atoms with Gasteiger partial charge in [0.25, 0.3) is 0 Å². The molecule has 2 aromatic rings. The zero-order valence-corrected chi connectivity index (χ0v) is 26.8. The Hall–Kier alpha value is -1.17. The fourth-order valence-electron chi connectivity index (χ4n) is 6.40. The second-order valence-corrected chi connectivity index (χ2v) is 11.3. The SMILES string of the molecule is COCNC(=O)[C@@H]1[C@H]2CCC(C[C@H]1c1ccc3ccccc3c1)N2CCCN(CCS)CC(=O)NCCS.[O-2].[Tc+5]. The average Bonchev–Trinajstić information content (AvgIpc) is 3.20. The van der Waals surface area contributed by atoms with Crippen LogP contribution in [0.5, 0.6) is 0 Å². The molecule has 8 nitrogen and oxygen atoms in total. The summed E-state index contributed by atoms with van der Waals surface area (Å²) >= 11 is 8.56. The van der Waals surface area contributed by atoms with Gasteiger partial charge in [-0.2, -0.15) is 25.3 Å². The van der Waals surface area contributed by atoms with E-state index in [0.29, 0.717) is 30.6 Å². The monoisotopic (exact) mass is 671 g/mol. The Kier molecular flexibility index (Phi) is 15.5. The summed E-state index contributed by atoms with van der Waals surface area (Å²) in [6.07, 6.45) is 4.08. The summed E-state index contributed by atoms with van der Waals surface area (Å²) in [6.45, 7) is 3.72. The smallest absolute Gasteiger partial charge is 2.00 e. The van der Waals surface area contributed by atoms with Crippen LogP contribution in [0, 0.1) is 5.92 Å². The summed E-state index contributed by atoms with van der Waals surface area (Å²) in [7, 11) is 1.61. The van der Waals surface area contributed by atoms with E-state index >= 15 is 0 Å². The minimum atomic E-state index is -0.120. The molecule has 2 aromatic carbocycles. The van der Waals surface area contributed by atoms with Crippen LogP contribution < -0.4 is 10.6 Å². The standard InChI is InChI=1S/C29H42N4O3S2.O.Tc/c1-36-20-31-29(35)28-25(23-8-7-21-5-2-3-6-22(21)17-23)18-24-9-10-26(28)33(24)13-4-12-32(14-16-38)19-27(34)30-11-15-37;;/h2-3,5-8,17,24-26,28,37-38H,4,9-16,18-20H2,1H3,(H,30,34)(H,31,35);;/q;-2;+5/t24?,25-,26+,28-;;/m0../s1. The summed E-state index contributed by atoms with van der Waals surface area (Å²) in [5.41, 5.74) is 1.25. The third-order valence-electron chi connectivity index (χ3n) is 8.07. The van der Waals surface area contributed by atoms with Gasteiger partial charge >= 0.3 is 20.1 Å². The molecule has 2 aliphatic heterocycles. The average molecular weight is 673 g/mol. The van der Waals surface area contributed by atoms with E-state index < -0.39 is 0 Å². The number of thiol groups is 2. The van der Waals surface area contributed by atoms with Gasteiger partial charge in [-0.15, -0.1) is 0 Å². The van der Waals surface area contributed by atoms with Gasteiger partial charge in [-0.25, -0.2) is 0 Å². The number of benzene rings is 2. The van der Waals surface area contributed by atoms with E-state index in [1.165, 1.54) is 16.3 Å². The Labute approximate surface area is 262 Å². The Morgan fingerprint density at radius 3 is 2.55 bits per heavy atom. The minimum Gasteiger partial charge on any atom is -2.00 e. The van der Waals surface area contributed by atoms with Gasteiger partial charge in [-0.1, -0.05) is 42.5 Å². The number of amides is 2. The van der Waals surface area contributed by atoms with Gasteiger partial charge in [0, 0.05) is 43.8 Å². The van der Waals surface area contributed by atoms with Gasteiger partial charge in [0.15, 0.2) is 0 Å². The molecule has 0 saturated carbocycles. The van der Waals surface area contributed by atoms with Crippen molar-refractivity contribution in [3.8, 4) is 0 Å². The molecule has 0 spiro atoms. The molecule has 2 saturated heterocycles. The zero-order chi connectivity index (χ0) is 26.9. The number of methoxy groups -OCH3 is 1. The molecule has 0 aromatic heterocycles. The van der Waals surface area contributed by atoms with Crippen LogP contribution >= 0.6 is 25.3 Å². The fraction of sp³-hybridized carbons (Fsp3) is 0.586. The van der Waals surface area contributed by atoms with E-state index in [4.69, 9.17) is 4.74 Å². The number of fused-ring (bicyclic) bond motifs is 3. The van der Waals surface area contributed by atoms with E-state index in [0.717, 1.165) is 45.3 Å². The number of carbonyl (C=O) groups excluding carboxylic acids is 2. The number of nitrogens with one attached hydrogen (secondary N) is 2. The molecule has 2 fully saturated rings. The number of rotatable bonds is 14. The molecule has 4 atom stereocenters. The molecule has 0 radical (unpaired) electrons. The van der Waals surface area contributed by atoms with Gasteiger partial charge in [0.1, 0.15) is 6.73 Å². The van der Waals surface area contributed by atoms with Gasteiger partial charge < -0.3 is 20.8 Å². The number of nitrogens with zero attached hydrogens (tertiary/aromatic N) is 2. The van der Waals surface area contributed by atoms with Crippen molar-refractivity contribution < 1.29 is 39.9 Å². The molecule has 2 aliphatic rings. The fourth-order valence-corrected chi connectivity index (χ4v) is 6.80. The van der Waals surface area contributed by atoms with E-state index in [9.17, 15) is 9.59 Å². The molecular weight excluding hydrogens is 630 g/mol. The minimum absolute atomic E-state index is 0. The van der Waals surface area contributed by atoms with Crippen LogP contribution in [0.2, 0.25) is 0 Å². The molecule has 40 heavy (non-hydrogen) atoms. The molecule has 2 heterocycles. The quantitative estimate of drug-likeness (QED) is 0.183. The third-order valence-corrected chi connectivity index (χ3v) is 8.49. The maximum absolute atomic E-state index is 13.5. The van der Waals surface area contributed by atoms with Crippen molar-refractivity contribution in [3.63, 3.8) is 0 Å². The van der Waals surface area contributed by atoms with Crippen LogP contribution in [0.3, 0.4) is 0 Å². The van der Waals surface area contributed by atoms with Crippen molar-refractivity contribution in [1.82, 2.24) is 20.4 Å². The normalized spacial score (nSPS) is 22.0. The Morgan fingerprint density at radius 1 is 1.05 bits per heavy atom. The summed E-state index contributed by atoms with van der Waals surface area (Å²) in [6, 6.07) is 15.8. The molecular formula is C29H42N4O4S2Tc+3. The molecule has 2 bridgehead atoms. The molecule has 0 aliphatic carbocycles. The summed E-state index contributed by atoms with van der Waals surface area (Å²) in [5, 5.41) is 8.37. The van der Waals surface area contributed by atoms with Gasteiger partial charge in [0.05, 0.1) is 12.5 Å². The maximum atomic E-state index is 13.5. The van der Waals surface area contributed by atoms with Crippen LogP contribution in [-0.4, -0.2) is 91.8 Å². The van der Waals surface area contributed by atoms with Crippen LogP contribution in [0.15, 0.2) is 42.5 Å². The molecule has 4 rings (SSSR count). The van der Waals surface area contributed by atoms with E-state index in [2.05, 4.69) is 88.2 Å². The molecule has 2 N–H and O–H groups in total. The first-order valence-corrected chi connectivity index (χ1v) is 15.0. The van der Waals surface area contributed by atoms with E-state index in [1.54, 1.807) is 7.11 Å². The van der Waals surface area contributed by atoms with E-state index in [1.807, 2.05) is 0 Å². The second kappa shape index (κ2) is 17.7. The molecule has 2 amide bonds. The topological polar surface area (TPSA) is 102 Å².